The van der Waals surface area contributed by atoms with Crippen LogP contribution in [-0.4, -0.2) is 25.3 Å². The third-order valence-corrected chi connectivity index (χ3v) is 3.96. The highest BCUT2D eigenvalue weighted by molar-refractivity contribution is 4.92. The number of hydrogen-bond acceptors (Lipinski definition) is 2. The molecule has 0 amide bonds. The highest BCUT2D eigenvalue weighted by atomic mass is 16.5. The topological polar surface area (TPSA) is 21.3 Å². The first kappa shape index (κ1) is 15.9. The molecule has 0 aliphatic carbocycles. The van der Waals surface area contributed by atoms with Crippen LogP contribution < -0.4 is 5.32 Å². The van der Waals surface area contributed by atoms with E-state index in [0.717, 1.165) is 13.0 Å². The van der Waals surface area contributed by atoms with Crippen molar-refractivity contribution in [3.63, 3.8) is 0 Å². The second kappa shape index (κ2) is 8.08. The minimum atomic E-state index is -0.0359. The van der Waals surface area contributed by atoms with Gasteiger partial charge in [0.1, 0.15) is 0 Å². The molecule has 0 aromatic carbocycles. The molecule has 98 valence electrons. The van der Waals surface area contributed by atoms with Crippen molar-refractivity contribution >= 4 is 0 Å². The van der Waals surface area contributed by atoms with Crippen LogP contribution in [0.15, 0.2) is 0 Å². The van der Waals surface area contributed by atoms with Gasteiger partial charge in [0.25, 0.3) is 0 Å². The van der Waals surface area contributed by atoms with Gasteiger partial charge in [0.15, 0.2) is 0 Å². The standard InChI is InChI=1S/C14H31NO/c1-7-11-15-13(12(8-2)9-3)14(5,10-4)16-6/h12-13,15H,7-11H2,1-6H3. The molecule has 0 spiro atoms. The average Bonchev–Trinajstić information content (AvgIpc) is 2.33. The molecular weight excluding hydrogens is 198 g/mol. The summed E-state index contributed by atoms with van der Waals surface area (Å²) in [6, 6.07) is 0.470. The number of ether oxygens (including phenoxy) is 1. The molecule has 0 fully saturated rings. The molecule has 2 atom stereocenters. The zero-order valence-electron chi connectivity index (χ0n) is 12.1. The first-order chi connectivity index (χ1) is 7.59. The van der Waals surface area contributed by atoms with Crippen molar-refractivity contribution in [2.24, 2.45) is 5.92 Å². The summed E-state index contributed by atoms with van der Waals surface area (Å²) in [5.41, 5.74) is -0.0359. The molecule has 2 heteroatoms. The minimum absolute atomic E-state index is 0.0359. The predicted molar refractivity (Wildman–Crippen MR) is 71.9 cm³/mol. The number of methoxy groups -OCH3 is 1. The normalized spacial score (nSPS) is 17.4. The monoisotopic (exact) mass is 229 g/mol. The summed E-state index contributed by atoms with van der Waals surface area (Å²) < 4.78 is 5.77. The van der Waals surface area contributed by atoms with Gasteiger partial charge in [-0.05, 0) is 32.2 Å². The van der Waals surface area contributed by atoms with Crippen molar-refractivity contribution < 1.29 is 4.74 Å². The average molecular weight is 229 g/mol. The van der Waals surface area contributed by atoms with E-state index in [-0.39, 0.29) is 5.60 Å². The van der Waals surface area contributed by atoms with Crippen LogP contribution in [0.25, 0.3) is 0 Å². The molecule has 2 unspecified atom stereocenters. The summed E-state index contributed by atoms with van der Waals surface area (Å²) in [6.07, 6.45) is 4.68. The molecule has 0 aromatic heterocycles. The molecule has 16 heavy (non-hydrogen) atoms. The Balaban J connectivity index is 4.74. The minimum Gasteiger partial charge on any atom is -0.377 e. The number of rotatable bonds is 9. The third-order valence-electron chi connectivity index (χ3n) is 3.96. The predicted octanol–water partition coefficient (Wildman–Crippen LogP) is 3.61. The maximum absolute atomic E-state index is 5.77. The van der Waals surface area contributed by atoms with Gasteiger partial charge in [-0.2, -0.15) is 0 Å². The van der Waals surface area contributed by atoms with Crippen LogP contribution in [0.1, 0.15) is 60.3 Å². The highest BCUT2D eigenvalue weighted by Crippen LogP contribution is 2.28. The van der Waals surface area contributed by atoms with E-state index in [4.69, 9.17) is 4.74 Å². The van der Waals surface area contributed by atoms with Crippen LogP contribution in [0.2, 0.25) is 0 Å². The first-order valence-corrected chi connectivity index (χ1v) is 6.88. The Morgan fingerprint density at radius 1 is 1.12 bits per heavy atom. The fraction of sp³-hybridized carbons (Fsp3) is 1.00. The van der Waals surface area contributed by atoms with E-state index in [0.29, 0.717) is 12.0 Å². The van der Waals surface area contributed by atoms with Crippen molar-refractivity contribution in [2.45, 2.75) is 71.9 Å². The molecule has 0 bridgehead atoms. The third kappa shape index (κ3) is 4.06. The van der Waals surface area contributed by atoms with Crippen LogP contribution in [0, 0.1) is 5.92 Å². The van der Waals surface area contributed by atoms with Crippen molar-refractivity contribution in [1.82, 2.24) is 5.32 Å². The summed E-state index contributed by atoms with van der Waals surface area (Å²) in [5.74, 6) is 0.705. The quantitative estimate of drug-likeness (QED) is 0.652. The molecular formula is C14H31NO. The van der Waals surface area contributed by atoms with Crippen LogP contribution in [0.5, 0.6) is 0 Å². The molecule has 0 heterocycles. The molecule has 1 N–H and O–H groups in total. The van der Waals surface area contributed by atoms with E-state index in [1.807, 2.05) is 7.11 Å². The lowest BCUT2D eigenvalue weighted by Gasteiger charge is -2.41. The zero-order chi connectivity index (χ0) is 12.6. The molecule has 0 saturated heterocycles. The van der Waals surface area contributed by atoms with Crippen molar-refractivity contribution in [1.29, 1.82) is 0 Å². The smallest absolute Gasteiger partial charge is 0.0803 e. The Morgan fingerprint density at radius 3 is 2.00 bits per heavy atom. The summed E-state index contributed by atoms with van der Waals surface area (Å²) in [5, 5.41) is 3.69. The Bertz CT molecular complexity index is 162. The van der Waals surface area contributed by atoms with Gasteiger partial charge in [-0.25, -0.2) is 0 Å². The van der Waals surface area contributed by atoms with Crippen molar-refractivity contribution in [2.75, 3.05) is 13.7 Å². The molecule has 0 radical (unpaired) electrons. The molecule has 0 saturated carbocycles. The van der Waals surface area contributed by atoms with E-state index < -0.39 is 0 Å². The van der Waals surface area contributed by atoms with Crippen LogP contribution in [0.4, 0.5) is 0 Å². The first-order valence-electron chi connectivity index (χ1n) is 6.88. The molecule has 0 aliphatic heterocycles. The second-order valence-electron chi connectivity index (χ2n) is 4.88. The fourth-order valence-corrected chi connectivity index (χ4v) is 2.43. The highest BCUT2D eigenvalue weighted by Gasteiger charge is 2.36. The van der Waals surface area contributed by atoms with Crippen LogP contribution in [-0.2, 0) is 4.74 Å². The lowest BCUT2D eigenvalue weighted by molar-refractivity contribution is -0.0465. The Kier molecular flexibility index (Phi) is 8.04. The van der Waals surface area contributed by atoms with Gasteiger partial charge in [-0.3, -0.25) is 0 Å². The maximum Gasteiger partial charge on any atom is 0.0803 e. The van der Waals surface area contributed by atoms with E-state index >= 15 is 0 Å². The van der Waals surface area contributed by atoms with Crippen LogP contribution >= 0.6 is 0 Å². The van der Waals surface area contributed by atoms with E-state index in [9.17, 15) is 0 Å². The van der Waals surface area contributed by atoms with Crippen molar-refractivity contribution in [3.05, 3.63) is 0 Å². The van der Waals surface area contributed by atoms with E-state index in [1.54, 1.807) is 0 Å². The Labute approximate surface area is 102 Å². The lowest BCUT2D eigenvalue weighted by Crippen LogP contribution is -2.54. The van der Waals surface area contributed by atoms with Gasteiger partial charge >= 0.3 is 0 Å². The van der Waals surface area contributed by atoms with Gasteiger partial charge in [0.05, 0.1) is 5.60 Å². The SMILES string of the molecule is CCCNC(C(CC)CC)C(C)(CC)OC. The van der Waals surface area contributed by atoms with Gasteiger partial charge in [0.2, 0.25) is 0 Å². The largest absolute Gasteiger partial charge is 0.377 e. The Hall–Kier alpha value is -0.0800. The number of hydrogen-bond donors (Lipinski definition) is 1. The van der Waals surface area contributed by atoms with Gasteiger partial charge < -0.3 is 10.1 Å². The van der Waals surface area contributed by atoms with E-state index in [2.05, 4.69) is 39.9 Å². The van der Waals surface area contributed by atoms with Gasteiger partial charge in [0, 0.05) is 13.2 Å². The summed E-state index contributed by atoms with van der Waals surface area (Å²) >= 11 is 0. The number of nitrogens with one attached hydrogen (secondary N) is 1. The zero-order valence-corrected chi connectivity index (χ0v) is 12.1. The Morgan fingerprint density at radius 2 is 1.69 bits per heavy atom. The van der Waals surface area contributed by atoms with Gasteiger partial charge in [-0.1, -0.05) is 40.5 Å². The molecule has 0 rings (SSSR count). The summed E-state index contributed by atoms with van der Waals surface area (Å²) in [6.45, 7) is 12.3. The molecule has 0 aromatic rings. The summed E-state index contributed by atoms with van der Waals surface area (Å²) in [4.78, 5) is 0. The second-order valence-corrected chi connectivity index (χ2v) is 4.88. The summed E-state index contributed by atoms with van der Waals surface area (Å²) in [7, 11) is 1.84. The van der Waals surface area contributed by atoms with E-state index in [1.165, 1.54) is 19.3 Å². The lowest BCUT2D eigenvalue weighted by atomic mass is 9.81. The fourth-order valence-electron chi connectivity index (χ4n) is 2.43. The maximum atomic E-state index is 5.77. The van der Waals surface area contributed by atoms with Gasteiger partial charge in [-0.15, -0.1) is 0 Å². The molecule has 2 nitrogen and oxygen atoms in total. The van der Waals surface area contributed by atoms with Crippen molar-refractivity contribution in [3.8, 4) is 0 Å². The van der Waals surface area contributed by atoms with Crippen LogP contribution in [0.3, 0.4) is 0 Å². The molecule has 0 aliphatic rings.